The molecule has 2 heterocycles. The largest absolute Gasteiger partial charge is 0.330 e. The minimum absolute atomic E-state index is 0.0292. The van der Waals surface area contributed by atoms with Crippen LogP contribution in [0.4, 0.5) is 20.2 Å². The Bertz CT molecular complexity index is 1200. The Morgan fingerprint density at radius 3 is 2.60 bits per heavy atom. The molecule has 154 valence electrons. The lowest BCUT2D eigenvalue weighted by Gasteiger charge is -2.18. The number of carbonyl (C=O) groups is 2. The molecule has 1 aliphatic rings. The Morgan fingerprint density at radius 2 is 1.90 bits per heavy atom. The molecule has 4 rings (SSSR count). The van der Waals surface area contributed by atoms with Gasteiger partial charge in [-0.15, -0.1) is 0 Å². The molecule has 1 fully saturated rings. The molecule has 1 saturated heterocycles. The van der Waals surface area contributed by atoms with Gasteiger partial charge in [0.05, 0.1) is 23.0 Å². The summed E-state index contributed by atoms with van der Waals surface area (Å²) in [4.78, 5) is 41.0. The van der Waals surface area contributed by atoms with Crippen molar-refractivity contribution in [3.05, 3.63) is 76.5 Å². The lowest BCUT2D eigenvalue weighted by atomic mass is 10.1. The fraction of sp³-hybridized carbons (Fsp3) is 0.190. The molecule has 1 aliphatic heterocycles. The minimum Gasteiger partial charge on any atom is -0.324 e. The third-order valence-electron chi connectivity index (χ3n) is 5.06. The van der Waals surface area contributed by atoms with Gasteiger partial charge in [-0.05, 0) is 31.2 Å². The van der Waals surface area contributed by atoms with Crippen molar-refractivity contribution >= 4 is 23.2 Å². The van der Waals surface area contributed by atoms with Crippen LogP contribution in [0.3, 0.4) is 0 Å². The molecule has 2 amide bonds. The van der Waals surface area contributed by atoms with Crippen LogP contribution in [-0.4, -0.2) is 27.9 Å². The maximum atomic E-state index is 14.1. The van der Waals surface area contributed by atoms with E-state index in [1.54, 1.807) is 37.4 Å². The summed E-state index contributed by atoms with van der Waals surface area (Å²) >= 11 is 0. The second kappa shape index (κ2) is 7.58. The number of aromatic nitrogens is 2. The Balaban J connectivity index is 1.56. The van der Waals surface area contributed by atoms with E-state index in [1.165, 1.54) is 10.6 Å². The summed E-state index contributed by atoms with van der Waals surface area (Å²) in [5, 5.41) is 2.77. The van der Waals surface area contributed by atoms with Crippen molar-refractivity contribution < 1.29 is 18.4 Å². The maximum absolute atomic E-state index is 14.1. The van der Waals surface area contributed by atoms with E-state index < -0.39 is 29.4 Å². The van der Waals surface area contributed by atoms with Gasteiger partial charge in [0.15, 0.2) is 0 Å². The fourth-order valence-electron chi connectivity index (χ4n) is 3.58. The second-order valence-electron chi connectivity index (χ2n) is 7.08. The van der Waals surface area contributed by atoms with E-state index in [0.717, 1.165) is 11.0 Å². The van der Waals surface area contributed by atoms with Crippen LogP contribution in [0.5, 0.6) is 0 Å². The summed E-state index contributed by atoms with van der Waals surface area (Å²) in [6, 6.07) is 9.74. The maximum Gasteiger partial charge on any atom is 0.330 e. The number of benzene rings is 2. The van der Waals surface area contributed by atoms with Gasteiger partial charge in [-0.3, -0.25) is 14.2 Å². The van der Waals surface area contributed by atoms with Gasteiger partial charge in [0.25, 0.3) is 0 Å². The molecule has 9 heteroatoms. The first kappa shape index (κ1) is 19.6. The predicted molar refractivity (Wildman–Crippen MR) is 107 cm³/mol. The van der Waals surface area contributed by atoms with Gasteiger partial charge >= 0.3 is 5.69 Å². The first-order valence-corrected chi connectivity index (χ1v) is 9.28. The first-order chi connectivity index (χ1) is 14.3. The number of aromatic amines is 1. The minimum atomic E-state index is -0.864. The summed E-state index contributed by atoms with van der Waals surface area (Å²) in [5.74, 6) is -3.19. The van der Waals surface area contributed by atoms with E-state index >= 15 is 0 Å². The van der Waals surface area contributed by atoms with Crippen molar-refractivity contribution in [3.8, 4) is 5.69 Å². The monoisotopic (exact) mass is 412 g/mol. The van der Waals surface area contributed by atoms with Crippen molar-refractivity contribution in [3.63, 3.8) is 0 Å². The Morgan fingerprint density at radius 1 is 1.13 bits per heavy atom. The molecule has 0 aliphatic carbocycles. The van der Waals surface area contributed by atoms with Crippen molar-refractivity contribution in [2.75, 3.05) is 16.8 Å². The van der Waals surface area contributed by atoms with Crippen molar-refractivity contribution in [1.82, 2.24) is 9.55 Å². The number of H-pyrrole nitrogens is 1. The molecule has 1 unspecified atom stereocenters. The predicted octanol–water partition coefficient (Wildman–Crippen LogP) is 2.74. The average molecular weight is 412 g/mol. The van der Waals surface area contributed by atoms with E-state index in [0.29, 0.717) is 23.1 Å². The molecule has 2 aromatic carbocycles. The number of hydrogen-bond acceptors (Lipinski definition) is 3. The molecule has 0 bridgehead atoms. The summed E-state index contributed by atoms with van der Waals surface area (Å²) in [6.07, 6.45) is 1.46. The number of nitrogens with zero attached hydrogens (tertiary/aromatic N) is 2. The second-order valence-corrected chi connectivity index (χ2v) is 7.08. The van der Waals surface area contributed by atoms with Crippen molar-refractivity contribution in [1.29, 1.82) is 0 Å². The van der Waals surface area contributed by atoms with Gasteiger partial charge in [0, 0.05) is 30.9 Å². The Labute approximate surface area is 169 Å². The smallest absolute Gasteiger partial charge is 0.324 e. The number of rotatable bonds is 4. The number of anilines is 2. The standard InChI is InChI=1S/C21H18F2N4O3/c1-12-10-24-21(30)27(12)18-5-3-2-4-16(18)25-20(29)13-8-19(28)26(11-13)17-7-6-14(22)9-15(17)23/h2-7,9-10,13H,8,11H2,1H3,(H,24,30)(H,25,29). The Hall–Kier alpha value is -3.75. The Kier molecular flexibility index (Phi) is 4.94. The molecular weight excluding hydrogens is 394 g/mol. The van der Waals surface area contributed by atoms with Gasteiger partial charge in [-0.25, -0.2) is 13.6 Å². The van der Waals surface area contributed by atoms with Crippen molar-refractivity contribution in [2.24, 2.45) is 5.92 Å². The summed E-state index contributed by atoms with van der Waals surface area (Å²) in [6.45, 7) is 1.72. The van der Waals surface area contributed by atoms with Crippen LogP contribution in [0.2, 0.25) is 0 Å². The zero-order valence-electron chi connectivity index (χ0n) is 16.0. The van der Waals surface area contributed by atoms with Crippen LogP contribution in [0.1, 0.15) is 12.1 Å². The highest BCUT2D eigenvalue weighted by molar-refractivity contribution is 6.04. The number of para-hydroxylation sites is 2. The lowest BCUT2D eigenvalue weighted by Crippen LogP contribution is -2.29. The van der Waals surface area contributed by atoms with E-state index in [-0.39, 0.29) is 24.3 Å². The molecule has 0 radical (unpaired) electrons. The summed E-state index contributed by atoms with van der Waals surface area (Å²) in [7, 11) is 0. The van der Waals surface area contributed by atoms with E-state index in [1.807, 2.05) is 0 Å². The highest BCUT2D eigenvalue weighted by Gasteiger charge is 2.36. The highest BCUT2D eigenvalue weighted by Crippen LogP contribution is 2.29. The number of imidazole rings is 1. The first-order valence-electron chi connectivity index (χ1n) is 9.28. The highest BCUT2D eigenvalue weighted by atomic mass is 19.1. The lowest BCUT2D eigenvalue weighted by molar-refractivity contribution is -0.122. The molecule has 2 N–H and O–H groups in total. The number of nitrogens with one attached hydrogen (secondary N) is 2. The zero-order valence-corrected chi connectivity index (χ0v) is 16.0. The van der Waals surface area contributed by atoms with Crippen LogP contribution >= 0.6 is 0 Å². The third-order valence-corrected chi connectivity index (χ3v) is 5.06. The normalized spacial score (nSPS) is 16.2. The number of hydrogen-bond donors (Lipinski definition) is 2. The summed E-state index contributed by atoms with van der Waals surface area (Å²) in [5.41, 5.74) is 1.15. The molecule has 0 saturated carbocycles. The van der Waals surface area contributed by atoms with Gasteiger partial charge in [0.2, 0.25) is 11.8 Å². The molecule has 7 nitrogen and oxygen atoms in total. The van der Waals surface area contributed by atoms with Crippen LogP contribution < -0.4 is 15.9 Å². The number of aryl methyl sites for hydroxylation is 1. The van der Waals surface area contributed by atoms with Crippen LogP contribution in [0.15, 0.2) is 53.5 Å². The van der Waals surface area contributed by atoms with Crippen LogP contribution in [-0.2, 0) is 9.59 Å². The molecule has 0 spiro atoms. The van der Waals surface area contributed by atoms with E-state index in [9.17, 15) is 23.2 Å². The van der Waals surface area contributed by atoms with E-state index in [4.69, 9.17) is 0 Å². The number of carbonyl (C=O) groups excluding carboxylic acids is 2. The topological polar surface area (TPSA) is 87.2 Å². The number of amides is 2. The van der Waals surface area contributed by atoms with Gasteiger partial charge in [-0.2, -0.15) is 0 Å². The molecule has 1 aromatic heterocycles. The average Bonchev–Trinajstić information content (AvgIpc) is 3.25. The fourth-order valence-corrected chi connectivity index (χ4v) is 3.58. The van der Waals surface area contributed by atoms with Gasteiger partial charge in [0.1, 0.15) is 11.6 Å². The molecule has 1 atom stereocenters. The zero-order chi connectivity index (χ0) is 21.4. The quantitative estimate of drug-likeness (QED) is 0.691. The third kappa shape index (κ3) is 3.49. The molecule has 3 aromatic rings. The van der Waals surface area contributed by atoms with Crippen molar-refractivity contribution in [2.45, 2.75) is 13.3 Å². The van der Waals surface area contributed by atoms with Gasteiger partial charge in [-0.1, -0.05) is 12.1 Å². The van der Waals surface area contributed by atoms with Gasteiger partial charge < -0.3 is 15.2 Å². The molecule has 30 heavy (non-hydrogen) atoms. The SMILES string of the molecule is Cc1c[nH]c(=O)n1-c1ccccc1NC(=O)C1CC(=O)N(c2ccc(F)cc2F)C1. The number of halogens is 2. The van der Waals surface area contributed by atoms with Crippen LogP contribution in [0.25, 0.3) is 5.69 Å². The summed E-state index contributed by atoms with van der Waals surface area (Å²) < 4.78 is 28.6. The van der Waals surface area contributed by atoms with E-state index in [2.05, 4.69) is 10.3 Å². The van der Waals surface area contributed by atoms with Crippen LogP contribution in [0, 0.1) is 24.5 Å². The molecular formula is C21H18F2N4O3.